The second-order valence-electron chi connectivity index (χ2n) is 2.38. The third-order valence-electron chi connectivity index (χ3n) is 1.56. The summed E-state index contributed by atoms with van der Waals surface area (Å²) < 4.78 is 0. The fourth-order valence-corrected chi connectivity index (χ4v) is 1.02. The standard InChI is InChI=1S/C8H10N2O/c1-4-7(11)8-5(2)9-10-6(8)3/h4H,1H2,2-3H3,(H,9,10). The molecule has 0 aromatic carbocycles. The Bertz CT molecular complexity index is 280. The van der Waals surface area contributed by atoms with Crippen LogP contribution in [0, 0.1) is 13.8 Å². The first-order valence-electron chi connectivity index (χ1n) is 3.35. The van der Waals surface area contributed by atoms with Crippen LogP contribution in [-0.2, 0) is 0 Å². The van der Waals surface area contributed by atoms with Gasteiger partial charge in [0.1, 0.15) is 0 Å². The molecule has 0 spiro atoms. The Morgan fingerprint density at radius 2 is 2.27 bits per heavy atom. The summed E-state index contributed by atoms with van der Waals surface area (Å²) in [6.07, 6.45) is 1.30. The second kappa shape index (κ2) is 2.70. The Balaban J connectivity index is 3.20. The Morgan fingerprint density at radius 3 is 2.64 bits per heavy atom. The van der Waals surface area contributed by atoms with Crippen LogP contribution in [0.3, 0.4) is 0 Å². The van der Waals surface area contributed by atoms with Crippen molar-refractivity contribution < 1.29 is 4.79 Å². The molecule has 11 heavy (non-hydrogen) atoms. The minimum absolute atomic E-state index is 0.0752. The van der Waals surface area contributed by atoms with Gasteiger partial charge in [0.15, 0.2) is 5.78 Å². The lowest BCUT2D eigenvalue weighted by Crippen LogP contribution is -1.96. The van der Waals surface area contributed by atoms with E-state index in [-0.39, 0.29) is 5.78 Å². The summed E-state index contributed by atoms with van der Waals surface area (Å²) in [4.78, 5) is 11.1. The van der Waals surface area contributed by atoms with Crippen molar-refractivity contribution in [3.63, 3.8) is 0 Å². The Morgan fingerprint density at radius 1 is 1.64 bits per heavy atom. The molecule has 0 amide bonds. The van der Waals surface area contributed by atoms with Crippen LogP contribution >= 0.6 is 0 Å². The highest BCUT2D eigenvalue weighted by molar-refractivity contribution is 6.05. The topological polar surface area (TPSA) is 45.8 Å². The molecule has 0 aliphatic carbocycles. The van der Waals surface area contributed by atoms with E-state index in [9.17, 15) is 4.79 Å². The van der Waals surface area contributed by atoms with Crippen LogP contribution in [0.25, 0.3) is 0 Å². The lowest BCUT2D eigenvalue weighted by molar-refractivity contribution is 0.104. The summed E-state index contributed by atoms with van der Waals surface area (Å²) in [6, 6.07) is 0. The molecular formula is C8H10N2O. The van der Waals surface area contributed by atoms with E-state index in [0.717, 1.165) is 11.4 Å². The quantitative estimate of drug-likeness (QED) is 0.511. The zero-order chi connectivity index (χ0) is 8.43. The number of hydrogen-bond donors (Lipinski definition) is 1. The Labute approximate surface area is 65.1 Å². The van der Waals surface area contributed by atoms with Crippen LogP contribution < -0.4 is 0 Å². The molecule has 0 fully saturated rings. The molecule has 1 N–H and O–H groups in total. The zero-order valence-electron chi connectivity index (χ0n) is 6.64. The number of H-pyrrole nitrogens is 1. The maximum atomic E-state index is 11.1. The van der Waals surface area contributed by atoms with Crippen molar-refractivity contribution in [3.8, 4) is 0 Å². The van der Waals surface area contributed by atoms with Gasteiger partial charge in [-0.2, -0.15) is 5.10 Å². The third-order valence-corrected chi connectivity index (χ3v) is 1.56. The number of ketones is 1. The summed E-state index contributed by atoms with van der Waals surface area (Å²) in [7, 11) is 0. The predicted octanol–water partition coefficient (Wildman–Crippen LogP) is 1.40. The lowest BCUT2D eigenvalue weighted by atomic mass is 10.1. The molecule has 0 saturated carbocycles. The van der Waals surface area contributed by atoms with Gasteiger partial charge in [-0.15, -0.1) is 0 Å². The number of aromatic amines is 1. The van der Waals surface area contributed by atoms with Gasteiger partial charge in [0, 0.05) is 5.69 Å². The maximum absolute atomic E-state index is 11.1. The minimum Gasteiger partial charge on any atom is -0.289 e. The fourth-order valence-electron chi connectivity index (χ4n) is 1.02. The van der Waals surface area contributed by atoms with E-state index >= 15 is 0 Å². The molecule has 0 bridgehead atoms. The number of nitrogens with zero attached hydrogens (tertiary/aromatic N) is 1. The summed E-state index contributed by atoms with van der Waals surface area (Å²) >= 11 is 0. The Hall–Kier alpha value is -1.38. The molecule has 1 aromatic heterocycles. The lowest BCUT2D eigenvalue weighted by Gasteiger charge is -1.91. The monoisotopic (exact) mass is 150 g/mol. The highest BCUT2D eigenvalue weighted by Gasteiger charge is 2.10. The van der Waals surface area contributed by atoms with Crippen LogP contribution in [0.15, 0.2) is 12.7 Å². The predicted molar refractivity (Wildman–Crippen MR) is 42.6 cm³/mol. The number of carbonyl (C=O) groups is 1. The number of aromatic nitrogens is 2. The average Bonchev–Trinajstić information content (AvgIpc) is 2.30. The molecule has 0 aliphatic rings. The number of nitrogens with one attached hydrogen (secondary N) is 1. The molecule has 0 radical (unpaired) electrons. The van der Waals surface area contributed by atoms with Gasteiger partial charge in [0.25, 0.3) is 0 Å². The van der Waals surface area contributed by atoms with Crippen molar-refractivity contribution in [1.29, 1.82) is 0 Å². The van der Waals surface area contributed by atoms with Gasteiger partial charge in [-0.05, 0) is 19.9 Å². The van der Waals surface area contributed by atoms with Crippen LogP contribution in [0.2, 0.25) is 0 Å². The van der Waals surface area contributed by atoms with Crippen LogP contribution in [0.1, 0.15) is 21.7 Å². The van der Waals surface area contributed by atoms with E-state index in [4.69, 9.17) is 0 Å². The van der Waals surface area contributed by atoms with Gasteiger partial charge < -0.3 is 0 Å². The van der Waals surface area contributed by atoms with Crippen molar-refractivity contribution in [2.45, 2.75) is 13.8 Å². The van der Waals surface area contributed by atoms with Crippen LogP contribution in [-0.4, -0.2) is 16.0 Å². The van der Waals surface area contributed by atoms with Gasteiger partial charge in [-0.3, -0.25) is 9.89 Å². The van der Waals surface area contributed by atoms with Gasteiger partial charge in [-0.1, -0.05) is 6.58 Å². The number of carbonyl (C=O) groups excluding carboxylic acids is 1. The molecule has 3 nitrogen and oxygen atoms in total. The van der Waals surface area contributed by atoms with Crippen LogP contribution in [0.5, 0.6) is 0 Å². The molecule has 0 atom stereocenters. The molecule has 3 heteroatoms. The van der Waals surface area contributed by atoms with E-state index in [0.29, 0.717) is 5.56 Å². The zero-order valence-corrected chi connectivity index (χ0v) is 6.64. The number of allylic oxidation sites excluding steroid dienone is 1. The SMILES string of the molecule is C=CC(=O)c1c(C)n[nH]c1C. The first-order chi connectivity index (χ1) is 5.16. The van der Waals surface area contributed by atoms with E-state index < -0.39 is 0 Å². The van der Waals surface area contributed by atoms with Crippen molar-refractivity contribution in [2.24, 2.45) is 0 Å². The van der Waals surface area contributed by atoms with Crippen molar-refractivity contribution in [3.05, 3.63) is 29.6 Å². The number of hydrogen-bond acceptors (Lipinski definition) is 2. The van der Waals surface area contributed by atoms with Gasteiger partial charge in [0.2, 0.25) is 0 Å². The first kappa shape index (κ1) is 7.72. The molecule has 0 aliphatic heterocycles. The smallest absolute Gasteiger partial charge is 0.188 e. The largest absolute Gasteiger partial charge is 0.289 e. The molecule has 0 unspecified atom stereocenters. The van der Waals surface area contributed by atoms with E-state index in [2.05, 4.69) is 16.8 Å². The van der Waals surface area contributed by atoms with Gasteiger partial charge in [0.05, 0.1) is 11.3 Å². The average molecular weight is 150 g/mol. The number of rotatable bonds is 2. The summed E-state index contributed by atoms with van der Waals surface area (Å²) in [5.74, 6) is -0.0752. The fraction of sp³-hybridized carbons (Fsp3) is 0.250. The molecule has 0 saturated heterocycles. The Kier molecular flexibility index (Phi) is 1.89. The molecular weight excluding hydrogens is 140 g/mol. The maximum Gasteiger partial charge on any atom is 0.188 e. The van der Waals surface area contributed by atoms with E-state index in [1.54, 1.807) is 6.92 Å². The second-order valence-corrected chi connectivity index (χ2v) is 2.38. The van der Waals surface area contributed by atoms with E-state index in [1.807, 2.05) is 6.92 Å². The number of aryl methyl sites for hydroxylation is 2. The van der Waals surface area contributed by atoms with E-state index in [1.165, 1.54) is 6.08 Å². The van der Waals surface area contributed by atoms with Crippen molar-refractivity contribution in [2.75, 3.05) is 0 Å². The van der Waals surface area contributed by atoms with Crippen LogP contribution in [0.4, 0.5) is 0 Å². The first-order valence-corrected chi connectivity index (χ1v) is 3.35. The highest BCUT2D eigenvalue weighted by atomic mass is 16.1. The molecule has 1 heterocycles. The minimum atomic E-state index is -0.0752. The van der Waals surface area contributed by atoms with Crippen molar-refractivity contribution >= 4 is 5.78 Å². The normalized spacial score (nSPS) is 9.64. The van der Waals surface area contributed by atoms with Crippen molar-refractivity contribution in [1.82, 2.24) is 10.2 Å². The summed E-state index contributed by atoms with van der Waals surface area (Å²) in [5.41, 5.74) is 2.17. The molecule has 1 aromatic rings. The summed E-state index contributed by atoms with van der Waals surface area (Å²) in [6.45, 7) is 7.02. The summed E-state index contributed by atoms with van der Waals surface area (Å²) in [5, 5.41) is 6.63. The van der Waals surface area contributed by atoms with Gasteiger partial charge in [-0.25, -0.2) is 0 Å². The third kappa shape index (κ3) is 1.22. The molecule has 1 rings (SSSR count). The van der Waals surface area contributed by atoms with Gasteiger partial charge >= 0.3 is 0 Å². The molecule has 58 valence electrons. The highest BCUT2D eigenvalue weighted by Crippen LogP contribution is 2.09.